The zero-order valence-corrected chi connectivity index (χ0v) is 15.0. The van der Waals surface area contributed by atoms with Crippen molar-refractivity contribution >= 4 is 34.9 Å². The van der Waals surface area contributed by atoms with Crippen LogP contribution in [0.4, 0.5) is 14.9 Å². The maximum absolute atomic E-state index is 13.0. The molecule has 1 saturated heterocycles. The van der Waals surface area contributed by atoms with E-state index in [0.29, 0.717) is 28.8 Å². The molecule has 0 unspecified atom stereocenters. The van der Waals surface area contributed by atoms with Crippen molar-refractivity contribution in [3.63, 3.8) is 0 Å². The molecule has 3 rings (SSSR count). The molecule has 0 spiro atoms. The summed E-state index contributed by atoms with van der Waals surface area (Å²) >= 11 is 12.0. The molecule has 1 aliphatic rings. The number of hydrogen-bond acceptors (Lipinski definition) is 2. The van der Waals surface area contributed by atoms with Gasteiger partial charge in [-0.3, -0.25) is 4.90 Å². The summed E-state index contributed by atoms with van der Waals surface area (Å²) in [5, 5.41) is 3.77. The Bertz CT molecular complexity index is 746. The average molecular weight is 382 g/mol. The summed E-state index contributed by atoms with van der Waals surface area (Å²) in [5.41, 5.74) is 1.57. The molecule has 0 bridgehead atoms. The third kappa shape index (κ3) is 4.84. The van der Waals surface area contributed by atoms with Crippen LogP contribution in [0.2, 0.25) is 10.0 Å². The highest BCUT2D eigenvalue weighted by atomic mass is 35.5. The van der Waals surface area contributed by atoms with E-state index in [0.717, 1.165) is 25.2 Å². The van der Waals surface area contributed by atoms with Gasteiger partial charge in [0.2, 0.25) is 0 Å². The quantitative estimate of drug-likeness (QED) is 0.850. The molecular formula is C18H18Cl2FN3O. The third-order valence-electron chi connectivity index (χ3n) is 4.15. The Kier molecular flexibility index (Phi) is 5.78. The summed E-state index contributed by atoms with van der Waals surface area (Å²) in [6, 6.07) is 11.3. The van der Waals surface area contributed by atoms with Gasteiger partial charge in [0.05, 0.1) is 10.7 Å². The number of carbonyl (C=O) groups excluding carboxylic acids is 1. The number of carbonyl (C=O) groups is 1. The van der Waals surface area contributed by atoms with Gasteiger partial charge in [0.15, 0.2) is 0 Å². The van der Waals surface area contributed by atoms with E-state index in [2.05, 4.69) is 10.2 Å². The molecule has 1 heterocycles. The van der Waals surface area contributed by atoms with Gasteiger partial charge >= 0.3 is 6.03 Å². The fraction of sp³-hybridized carbons (Fsp3) is 0.278. The van der Waals surface area contributed by atoms with E-state index in [1.807, 2.05) is 0 Å². The lowest BCUT2D eigenvalue weighted by atomic mass is 10.2. The van der Waals surface area contributed by atoms with Crippen LogP contribution < -0.4 is 5.32 Å². The van der Waals surface area contributed by atoms with E-state index < -0.39 is 0 Å². The molecule has 1 fully saturated rings. The van der Waals surface area contributed by atoms with Crippen LogP contribution in [0, 0.1) is 5.82 Å². The number of hydrogen-bond donors (Lipinski definition) is 1. The number of anilines is 1. The maximum Gasteiger partial charge on any atom is 0.321 e. The van der Waals surface area contributed by atoms with Gasteiger partial charge in [-0.25, -0.2) is 9.18 Å². The van der Waals surface area contributed by atoms with Crippen molar-refractivity contribution in [3.05, 3.63) is 63.9 Å². The number of nitrogens with zero attached hydrogens (tertiary/aromatic N) is 2. The average Bonchev–Trinajstić information content (AvgIpc) is 2.61. The molecule has 1 aliphatic heterocycles. The minimum Gasteiger partial charge on any atom is -0.322 e. The van der Waals surface area contributed by atoms with Crippen molar-refractivity contribution in [2.45, 2.75) is 6.54 Å². The first kappa shape index (κ1) is 18.0. The summed E-state index contributed by atoms with van der Waals surface area (Å²) in [7, 11) is 0. The van der Waals surface area contributed by atoms with Crippen LogP contribution in [0.25, 0.3) is 0 Å². The number of piperazine rings is 1. The fourth-order valence-electron chi connectivity index (χ4n) is 2.74. The van der Waals surface area contributed by atoms with Crippen molar-refractivity contribution in [1.82, 2.24) is 9.80 Å². The number of nitrogens with one attached hydrogen (secondary N) is 1. The van der Waals surface area contributed by atoms with Gasteiger partial charge in [-0.15, -0.1) is 0 Å². The van der Waals surface area contributed by atoms with Crippen LogP contribution in [-0.2, 0) is 6.54 Å². The molecule has 0 atom stereocenters. The largest absolute Gasteiger partial charge is 0.322 e. The molecule has 0 radical (unpaired) electrons. The van der Waals surface area contributed by atoms with Gasteiger partial charge in [0.1, 0.15) is 5.82 Å². The zero-order valence-electron chi connectivity index (χ0n) is 13.5. The summed E-state index contributed by atoms with van der Waals surface area (Å²) in [6.07, 6.45) is 0. The molecular weight excluding hydrogens is 364 g/mol. The second-order valence-electron chi connectivity index (χ2n) is 5.94. The SMILES string of the molecule is O=C(Nc1cc(Cl)ccc1Cl)N1CCN(Cc2ccc(F)cc2)CC1. The normalized spacial score (nSPS) is 15.2. The summed E-state index contributed by atoms with van der Waals surface area (Å²) in [5.74, 6) is -0.232. The minimum atomic E-state index is -0.232. The smallest absolute Gasteiger partial charge is 0.321 e. The van der Waals surface area contributed by atoms with Gasteiger partial charge < -0.3 is 10.2 Å². The fourth-order valence-corrected chi connectivity index (χ4v) is 3.08. The highest BCUT2D eigenvalue weighted by Gasteiger charge is 2.21. The molecule has 1 N–H and O–H groups in total. The summed E-state index contributed by atoms with van der Waals surface area (Å²) < 4.78 is 13.0. The molecule has 7 heteroatoms. The highest BCUT2D eigenvalue weighted by Crippen LogP contribution is 2.25. The van der Waals surface area contributed by atoms with Crippen molar-refractivity contribution in [2.24, 2.45) is 0 Å². The highest BCUT2D eigenvalue weighted by molar-refractivity contribution is 6.35. The van der Waals surface area contributed by atoms with E-state index in [4.69, 9.17) is 23.2 Å². The molecule has 0 aromatic heterocycles. The number of rotatable bonds is 3. The molecule has 2 aromatic rings. The van der Waals surface area contributed by atoms with E-state index in [-0.39, 0.29) is 11.8 Å². The Morgan fingerprint density at radius 1 is 1.04 bits per heavy atom. The number of urea groups is 1. The molecule has 2 aromatic carbocycles. The number of halogens is 3. The second kappa shape index (κ2) is 8.04. The monoisotopic (exact) mass is 381 g/mol. The van der Waals surface area contributed by atoms with Gasteiger partial charge in [0.25, 0.3) is 0 Å². The van der Waals surface area contributed by atoms with Crippen LogP contribution in [-0.4, -0.2) is 42.0 Å². The lowest BCUT2D eigenvalue weighted by Crippen LogP contribution is -2.49. The van der Waals surface area contributed by atoms with Gasteiger partial charge in [-0.05, 0) is 35.9 Å². The van der Waals surface area contributed by atoms with Crippen molar-refractivity contribution in [2.75, 3.05) is 31.5 Å². The Morgan fingerprint density at radius 2 is 1.72 bits per heavy atom. The van der Waals surface area contributed by atoms with Crippen LogP contribution in [0.3, 0.4) is 0 Å². The van der Waals surface area contributed by atoms with Crippen LogP contribution >= 0.6 is 23.2 Å². The number of benzene rings is 2. The molecule has 25 heavy (non-hydrogen) atoms. The second-order valence-corrected chi connectivity index (χ2v) is 6.79. The Balaban J connectivity index is 1.52. The molecule has 0 aliphatic carbocycles. The van der Waals surface area contributed by atoms with Crippen LogP contribution in [0.5, 0.6) is 0 Å². The van der Waals surface area contributed by atoms with E-state index in [1.165, 1.54) is 12.1 Å². The maximum atomic E-state index is 13.0. The third-order valence-corrected chi connectivity index (χ3v) is 4.71. The van der Waals surface area contributed by atoms with E-state index >= 15 is 0 Å². The lowest BCUT2D eigenvalue weighted by molar-refractivity contribution is 0.143. The lowest BCUT2D eigenvalue weighted by Gasteiger charge is -2.34. The first-order valence-electron chi connectivity index (χ1n) is 7.99. The van der Waals surface area contributed by atoms with Crippen molar-refractivity contribution in [1.29, 1.82) is 0 Å². The molecule has 132 valence electrons. The standard InChI is InChI=1S/C18H18Cl2FN3O/c19-14-3-6-16(20)17(11-14)22-18(25)24-9-7-23(8-10-24)12-13-1-4-15(21)5-2-13/h1-6,11H,7-10,12H2,(H,22,25). The van der Waals surface area contributed by atoms with Crippen LogP contribution in [0.1, 0.15) is 5.56 Å². The Labute approximate surface area is 156 Å². The predicted octanol–water partition coefficient (Wildman–Crippen LogP) is 4.48. The molecule has 0 saturated carbocycles. The summed E-state index contributed by atoms with van der Waals surface area (Å²) in [6.45, 7) is 3.49. The first-order valence-corrected chi connectivity index (χ1v) is 8.74. The number of amides is 2. The summed E-state index contributed by atoms with van der Waals surface area (Å²) in [4.78, 5) is 16.4. The Morgan fingerprint density at radius 3 is 2.40 bits per heavy atom. The van der Waals surface area contributed by atoms with Crippen molar-refractivity contribution < 1.29 is 9.18 Å². The minimum absolute atomic E-state index is 0.189. The van der Waals surface area contributed by atoms with Crippen molar-refractivity contribution in [3.8, 4) is 0 Å². The zero-order chi connectivity index (χ0) is 17.8. The van der Waals surface area contributed by atoms with Crippen LogP contribution in [0.15, 0.2) is 42.5 Å². The van der Waals surface area contributed by atoms with Gasteiger partial charge in [-0.2, -0.15) is 0 Å². The molecule has 4 nitrogen and oxygen atoms in total. The van der Waals surface area contributed by atoms with E-state index in [9.17, 15) is 9.18 Å². The predicted molar refractivity (Wildman–Crippen MR) is 98.7 cm³/mol. The molecule has 2 amide bonds. The van der Waals surface area contributed by atoms with E-state index in [1.54, 1.807) is 35.2 Å². The topological polar surface area (TPSA) is 35.6 Å². The first-order chi connectivity index (χ1) is 12.0. The van der Waals surface area contributed by atoms with Gasteiger partial charge in [-0.1, -0.05) is 35.3 Å². The van der Waals surface area contributed by atoms with Gasteiger partial charge in [0, 0.05) is 37.7 Å². The Hall–Kier alpha value is -1.82.